The molecule has 2 aromatic rings. The number of aromatic nitrogens is 1. The number of carbonyl (C=O) groups excluding carboxylic acids is 1. The second kappa shape index (κ2) is 10.3. The molecule has 6 nitrogen and oxygen atoms in total. The van der Waals surface area contributed by atoms with Crippen molar-refractivity contribution in [3.05, 3.63) is 48.4 Å². The predicted molar refractivity (Wildman–Crippen MR) is 101 cm³/mol. The number of carbonyl (C=O) groups is 1. The SMILES string of the molecule is C[C@H]1OCCN[C@@H]1C(=O)Nc1ccc(Oc2ccc(F)cc2)nc1.Cl.Cl. The molecule has 1 fully saturated rings. The van der Waals surface area contributed by atoms with Gasteiger partial charge in [-0.25, -0.2) is 9.37 Å². The fraction of sp³-hybridized carbons (Fsp3) is 0.294. The molecular formula is C17H20Cl2FN3O3. The van der Waals surface area contributed by atoms with Crippen LogP contribution in [-0.4, -0.2) is 36.2 Å². The molecule has 0 spiro atoms. The van der Waals surface area contributed by atoms with Gasteiger partial charge in [0.15, 0.2) is 0 Å². The average Bonchev–Trinajstić information content (AvgIpc) is 2.59. The molecule has 1 aromatic heterocycles. The molecule has 0 radical (unpaired) electrons. The topological polar surface area (TPSA) is 72.5 Å². The van der Waals surface area contributed by atoms with Gasteiger partial charge < -0.3 is 20.1 Å². The molecule has 0 unspecified atom stereocenters. The Morgan fingerprint density at radius 1 is 1.27 bits per heavy atom. The summed E-state index contributed by atoms with van der Waals surface area (Å²) in [5.41, 5.74) is 0.561. The smallest absolute Gasteiger partial charge is 0.244 e. The summed E-state index contributed by atoms with van der Waals surface area (Å²) >= 11 is 0. The molecule has 1 saturated heterocycles. The highest BCUT2D eigenvalue weighted by molar-refractivity contribution is 5.95. The minimum Gasteiger partial charge on any atom is -0.439 e. The van der Waals surface area contributed by atoms with Crippen molar-refractivity contribution in [2.75, 3.05) is 18.5 Å². The maximum atomic E-state index is 12.9. The monoisotopic (exact) mass is 403 g/mol. The van der Waals surface area contributed by atoms with E-state index in [0.29, 0.717) is 30.5 Å². The summed E-state index contributed by atoms with van der Waals surface area (Å²) in [6.07, 6.45) is 1.32. The van der Waals surface area contributed by atoms with E-state index in [9.17, 15) is 9.18 Å². The first kappa shape index (κ1) is 22.1. The Balaban J connectivity index is 0.00000169. The Hall–Kier alpha value is -1.93. The molecule has 1 amide bonds. The van der Waals surface area contributed by atoms with Crippen molar-refractivity contribution in [1.82, 2.24) is 10.3 Å². The molecule has 2 N–H and O–H groups in total. The third kappa shape index (κ3) is 5.81. The van der Waals surface area contributed by atoms with Gasteiger partial charge in [-0.1, -0.05) is 0 Å². The number of rotatable bonds is 4. The summed E-state index contributed by atoms with van der Waals surface area (Å²) in [5, 5.41) is 5.92. The van der Waals surface area contributed by atoms with Gasteiger partial charge in [0.25, 0.3) is 0 Å². The Morgan fingerprint density at radius 3 is 2.62 bits per heavy atom. The van der Waals surface area contributed by atoms with Gasteiger partial charge in [0.1, 0.15) is 17.6 Å². The highest BCUT2D eigenvalue weighted by atomic mass is 35.5. The van der Waals surface area contributed by atoms with Crippen molar-refractivity contribution in [2.24, 2.45) is 0 Å². The van der Waals surface area contributed by atoms with Crippen molar-refractivity contribution >= 4 is 36.4 Å². The van der Waals surface area contributed by atoms with Gasteiger partial charge in [-0.05, 0) is 37.3 Å². The molecule has 0 saturated carbocycles. The van der Waals surface area contributed by atoms with Crippen LogP contribution in [-0.2, 0) is 9.53 Å². The number of hydrogen-bond acceptors (Lipinski definition) is 5. The van der Waals surface area contributed by atoms with Gasteiger partial charge in [0.2, 0.25) is 11.8 Å². The molecule has 26 heavy (non-hydrogen) atoms. The first-order valence-corrected chi connectivity index (χ1v) is 7.67. The van der Waals surface area contributed by atoms with E-state index in [0.717, 1.165) is 0 Å². The second-order valence-electron chi connectivity index (χ2n) is 5.44. The number of hydrogen-bond donors (Lipinski definition) is 2. The molecule has 1 aromatic carbocycles. The van der Waals surface area contributed by atoms with Gasteiger partial charge in [-0.3, -0.25) is 4.79 Å². The number of halogens is 3. The van der Waals surface area contributed by atoms with Gasteiger partial charge in [-0.2, -0.15) is 0 Å². The molecule has 142 valence electrons. The quantitative estimate of drug-likeness (QED) is 0.819. The average molecular weight is 404 g/mol. The van der Waals surface area contributed by atoms with Gasteiger partial charge in [0.05, 0.1) is 24.6 Å². The standard InChI is InChI=1S/C17H18FN3O3.2ClH/c1-11-16(19-8-9-23-11)17(22)21-13-4-7-15(20-10-13)24-14-5-2-12(18)3-6-14;;/h2-7,10-11,16,19H,8-9H2,1H3,(H,21,22);2*1H/t11-,16+;;/m1../s1. The zero-order valence-electron chi connectivity index (χ0n) is 14.0. The number of benzene rings is 1. The summed E-state index contributed by atoms with van der Waals surface area (Å²) in [6, 6.07) is 8.58. The number of ether oxygens (including phenoxy) is 2. The van der Waals surface area contributed by atoms with Crippen molar-refractivity contribution in [3.8, 4) is 11.6 Å². The van der Waals surface area contributed by atoms with Crippen LogP contribution in [0.3, 0.4) is 0 Å². The van der Waals surface area contributed by atoms with Crippen LogP contribution in [0.15, 0.2) is 42.6 Å². The van der Waals surface area contributed by atoms with Gasteiger partial charge >= 0.3 is 0 Å². The lowest BCUT2D eigenvalue weighted by Gasteiger charge is -2.29. The maximum absolute atomic E-state index is 12.9. The number of anilines is 1. The summed E-state index contributed by atoms with van der Waals surface area (Å²) in [6.45, 7) is 3.10. The molecule has 1 aliphatic heterocycles. The van der Waals surface area contributed by atoms with E-state index in [2.05, 4.69) is 15.6 Å². The molecular weight excluding hydrogens is 384 g/mol. The van der Waals surface area contributed by atoms with Crippen LogP contribution in [0.4, 0.5) is 10.1 Å². The summed E-state index contributed by atoms with van der Waals surface area (Å²) in [4.78, 5) is 16.4. The summed E-state index contributed by atoms with van der Waals surface area (Å²) in [5.74, 6) is 0.337. The zero-order valence-corrected chi connectivity index (χ0v) is 15.6. The molecule has 9 heteroatoms. The maximum Gasteiger partial charge on any atom is 0.244 e. The van der Waals surface area contributed by atoms with E-state index in [1.54, 1.807) is 12.1 Å². The van der Waals surface area contributed by atoms with Crippen molar-refractivity contribution in [2.45, 2.75) is 19.1 Å². The molecule has 0 bridgehead atoms. The van der Waals surface area contributed by atoms with E-state index < -0.39 is 6.04 Å². The van der Waals surface area contributed by atoms with Crippen LogP contribution in [0.2, 0.25) is 0 Å². The lowest BCUT2D eigenvalue weighted by molar-refractivity contribution is -0.123. The highest BCUT2D eigenvalue weighted by Crippen LogP contribution is 2.20. The van der Waals surface area contributed by atoms with Crippen LogP contribution < -0.4 is 15.4 Å². The van der Waals surface area contributed by atoms with E-state index in [-0.39, 0.29) is 42.6 Å². The van der Waals surface area contributed by atoms with Crippen LogP contribution in [0.5, 0.6) is 11.6 Å². The molecule has 1 aliphatic rings. The Labute approximate surface area is 163 Å². The number of nitrogens with zero attached hydrogens (tertiary/aromatic N) is 1. The lowest BCUT2D eigenvalue weighted by Crippen LogP contribution is -2.53. The Bertz CT molecular complexity index is 701. The first-order chi connectivity index (χ1) is 11.6. The number of nitrogens with one attached hydrogen (secondary N) is 2. The lowest BCUT2D eigenvalue weighted by atomic mass is 10.1. The third-order valence-electron chi connectivity index (χ3n) is 3.64. The Morgan fingerprint density at radius 2 is 2.00 bits per heavy atom. The van der Waals surface area contributed by atoms with Crippen molar-refractivity contribution in [1.29, 1.82) is 0 Å². The highest BCUT2D eigenvalue weighted by Gasteiger charge is 2.28. The molecule has 3 rings (SSSR count). The van der Waals surface area contributed by atoms with E-state index in [1.807, 2.05) is 6.92 Å². The molecule has 2 heterocycles. The van der Waals surface area contributed by atoms with Crippen LogP contribution >= 0.6 is 24.8 Å². The zero-order chi connectivity index (χ0) is 16.9. The van der Waals surface area contributed by atoms with Crippen molar-refractivity contribution < 1.29 is 18.7 Å². The number of amides is 1. The van der Waals surface area contributed by atoms with Gasteiger partial charge in [-0.15, -0.1) is 24.8 Å². The van der Waals surface area contributed by atoms with E-state index >= 15 is 0 Å². The first-order valence-electron chi connectivity index (χ1n) is 7.67. The van der Waals surface area contributed by atoms with E-state index in [1.165, 1.54) is 30.5 Å². The molecule has 0 aliphatic carbocycles. The fourth-order valence-electron chi connectivity index (χ4n) is 2.39. The number of pyridine rings is 1. The van der Waals surface area contributed by atoms with Crippen LogP contribution in [0, 0.1) is 5.82 Å². The van der Waals surface area contributed by atoms with Crippen LogP contribution in [0.1, 0.15) is 6.92 Å². The second-order valence-corrected chi connectivity index (χ2v) is 5.44. The Kier molecular flexibility index (Phi) is 8.74. The summed E-state index contributed by atoms with van der Waals surface area (Å²) in [7, 11) is 0. The summed E-state index contributed by atoms with van der Waals surface area (Å²) < 4.78 is 23.8. The normalized spacial score (nSPS) is 18.8. The largest absolute Gasteiger partial charge is 0.439 e. The number of morpholine rings is 1. The van der Waals surface area contributed by atoms with Gasteiger partial charge in [0, 0.05) is 12.6 Å². The predicted octanol–water partition coefficient (Wildman–Crippen LogP) is 3.17. The third-order valence-corrected chi connectivity index (χ3v) is 3.64. The van der Waals surface area contributed by atoms with E-state index in [4.69, 9.17) is 9.47 Å². The minimum atomic E-state index is -0.395. The van der Waals surface area contributed by atoms with Crippen LogP contribution in [0.25, 0.3) is 0 Å². The van der Waals surface area contributed by atoms with Crippen molar-refractivity contribution in [3.63, 3.8) is 0 Å². The fourth-order valence-corrected chi connectivity index (χ4v) is 2.39. The minimum absolute atomic E-state index is 0. The molecule has 2 atom stereocenters.